The topological polar surface area (TPSA) is 80.7 Å². The Labute approximate surface area is 106 Å². The van der Waals surface area contributed by atoms with Crippen LogP contribution >= 0.6 is 0 Å². The van der Waals surface area contributed by atoms with Gasteiger partial charge in [0.15, 0.2) is 0 Å². The molecule has 0 aromatic heterocycles. The van der Waals surface area contributed by atoms with Crippen LogP contribution in [0.15, 0.2) is 29.2 Å². The second kappa shape index (κ2) is 5.17. The van der Waals surface area contributed by atoms with E-state index >= 15 is 0 Å². The van der Waals surface area contributed by atoms with Crippen molar-refractivity contribution in [1.82, 2.24) is 0 Å². The highest BCUT2D eigenvalue weighted by atomic mass is 32.2. The lowest BCUT2D eigenvalue weighted by Crippen LogP contribution is -2.15. The number of rotatable bonds is 4. The summed E-state index contributed by atoms with van der Waals surface area (Å²) in [5.41, 5.74) is 0.511. The molecule has 0 saturated carbocycles. The van der Waals surface area contributed by atoms with Gasteiger partial charge in [0.1, 0.15) is 12.4 Å². The van der Waals surface area contributed by atoms with Gasteiger partial charge in [-0.15, -0.1) is 0 Å². The van der Waals surface area contributed by atoms with Crippen LogP contribution in [0.3, 0.4) is 0 Å². The molecular formula is C12H14O5S. The number of carbonyl (C=O) groups is 1. The van der Waals surface area contributed by atoms with Gasteiger partial charge in [-0.3, -0.25) is 4.55 Å². The van der Waals surface area contributed by atoms with Crippen LogP contribution in [0.5, 0.6) is 0 Å². The van der Waals surface area contributed by atoms with Gasteiger partial charge in [0, 0.05) is 6.42 Å². The van der Waals surface area contributed by atoms with Crippen LogP contribution in [0.1, 0.15) is 18.4 Å². The zero-order chi connectivity index (χ0) is 13.2. The molecule has 1 aromatic rings. The van der Waals surface area contributed by atoms with E-state index in [1.165, 1.54) is 6.07 Å². The Bertz CT molecular complexity index is 537. The molecule has 1 fully saturated rings. The Hall–Kier alpha value is -1.24. The Balaban J connectivity index is 2.18. The largest absolute Gasteiger partial charge is 0.367 e. The number of carbonyl (C=O) groups excluding carboxylic acids is 1. The van der Waals surface area contributed by atoms with E-state index < -0.39 is 16.2 Å². The molecule has 6 heteroatoms. The maximum absolute atomic E-state index is 11.2. The van der Waals surface area contributed by atoms with Crippen molar-refractivity contribution in [3.8, 4) is 0 Å². The summed E-state index contributed by atoms with van der Waals surface area (Å²) in [4.78, 5) is 10.5. The molecule has 1 heterocycles. The Kier molecular flexibility index (Phi) is 3.79. The third-order valence-electron chi connectivity index (χ3n) is 2.99. The fourth-order valence-corrected chi connectivity index (χ4v) is 2.89. The van der Waals surface area contributed by atoms with Gasteiger partial charge in [-0.05, 0) is 24.5 Å². The highest BCUT2D eigenvalue weighted by molar-refractivity contribution is 7.85. The van der Waals surface area contributed by atoms with Gasteiger partial charge in [-0.1, -0.05) is 18.2 Å². The van der Waals surface area contributed by atoms with Crippen LogP contribution in [-0.4, -0.2) is 31.5 Å². The minimum atomic E-state index is -4.22. The van der Waals surface area contributed by atoms with Crippen molar-refractivity contribution in [2.45, 2.75) is 36.4 Å². The van der Waals surface area contributed by atoms with Crippen molar-refractivity contribution in [3.05, 3.63) is 29.8 Å². The standard InChI is InChI=1S/C12H14O5S/c13-8-11-6-5-10(17-11)7-9-3-1-2-4-12(9)18(14,15)16/h1-4,8,10-11H,5-7H2,(H,14,15,16)/t10-,11+/m0/s1. The summed E-state index contributed by atoms with van der Waals surface area (Å²) in [6, 6.07) is 6.25. The van der Waals surface area contributed by atoms with Crippen molar-refractivity contribution in [3.63, 3.8) is 0 Å². The molecular weight excluding hydrogens is 256 g/mol. The number of aldehydes is 1. The van der Waals surface area contributed by atoms with Gasteiger partial charge in [0.2, 0.25) is 0 Å². The predicted octanol–water partition coefficient (Wildman–Crippen LogP) is 1.22. The first-order valence-corrected chi connectivity index (χ1v) is 7.11. The van der Waals surface area contributed by atoms with Gasteiger partial charge in [0.05, 0.1) is 11.0 Å². The summed E-state index contributed by atoms with van der Waals surface area (Å²) in [6.45, 7) is 0. The average molecular weight is 270 g/mol. The normalized spacial score (nSPS) is 24.1. The SMILES string of the molecule is O=C[C@H]1CC[C@@H](Cc2ccccc2S(=O)(=O)O)O1. The minimum absolute atomic E-state index is 0.0943. The molecule has 1 aliphatic heterocycles. The quantitative estimate of drug-likeness (QED) is 0.657. The molecule has 0 bridgehead atoms. The maximum atomic E-state index is 11.2. The van der Waals surface area contributed by atoms with Crippen molar-refractivity contribution in [1.29, 1.82) is 0 Å². The summed E-state index contributed by atoms with van der Waals surface area (Å²) >= 11 is 0. The van der Waals surface area contributed by atoms with Crippen molar-refractivity contribution in [2.75, 3.05) is 0 Å². The van der Waals surface area contributed by atoms with E-state index in [2.05, 4.69) is 0 Å². The number of benzene rings is 1. The first-order valence-electron chi connectivity index (χ1n) is 5.67. The molecule has 5 nitrogen and oxygen atoms in total. The molecule has 18 heavy (non-hydrogen) atoms. The molecule has 98 valence electrons. The highest BCUT2D eigenvalue weighted by Gasteiger charge is 2.26. The first kappa shape index (κ1) is 13.2. The van der Waals surface area contributed by atoms with Crippen LogP contribution in [0, 0.1) is 0 Å². The molecule has 2 atom stereocenters. The summed E-state index contributed by atoms with van der Waals surface area (Å²) in [5.74, 6) is 0. The summed E-state index contributed by atoms with van der Waals surface area (Å²) in [5, 5.41) is 0. The van der Waals surface area contributed by atoms with E-state index in [9.17, 15) is 13.2 Å². The molecule has 1 aromatic carbocycles. The highest BCUT2D eigenvalue weighted by Crippen LogP contribution is 2.24. The lowest BCUT2D eigenvalue weighted by Gasteiger charge is -2.12. The third-order valence-corrected chi connectivity index (χ3v) is 3.94. The monoisotopic (exact) mass is 270 g/mol. The third kappa shape index (κ3) is 2.95. The average Bonchev–Trinajstić information content (AvgIpc) is 2.76. The van der Waals surface area contributed by atoms with E-state index in [0.717, 1.165) is 6.29 Å². The van der Waals surface area contributed by atoms with Crippen LogP contribution in [0.2, 0.25) is 0 Å². The molecule has 0 radical (unpaired) electrons. The molecule has 1 N–H and O–H groups in total. The fourth-order valence-electron chi connectivity index (χ4n) is 2.15. The first-order chi connectivity index (χ1) is 8.50. The minimum Gasteiger partial charge on any atom is -0.367 e. The van der Waals surface area contributed by atoms with Gasteiger partial charge >= 0.3 is 0 Å². The van der Waals surface area contributed by atoms with E-state index in [4.69, 9.17) is 9.29 Å². The number of ether oxygens (including phenoxy) is 1. The molecule has 0 amide bonds. The molecule has 0 spiro atoms. The lowest BCUT2D eigenvalue weighted by atomic mass is 10.1. The van der Waals surface area contributed by atoms with E-state index in [-0.39, 0.29) is 11.0 Å². The Morgan fingerprint density at radius 2 is 2.06 bits per heavy atom. The summed E-state index contributed by atoms with van der Waals surface area (Å²) in [6.07, 6.45) is 1.93. The van der Waals surface area contributed by atoms with Gasteiger partial charge < -0.3 is 9.53 Å². The van der Waals surface area contributed by atoms with Crippen LogP contribution < -0.4 is 0 Å². The van der Waals surface area contributed by atoms with Gasteiger partial charge in [-0.2, -0.15) is 8.42 Å². The summed E-state index contributed by atoms with van der Waals surface area (Å²) < 4.78 is 37.0. The van der Waals surface area contributed by atoms with E-state index in [1.807, 2.05) is 0 Å². The molecule has 1 saturated heterocycles. The Morgan fingerprint density at radius 1 is 1.33 bits per heavy atom. The second-order valence-electron chi connectivity index (χ2n) is 4.30. The van der Waals surface area contributed by atoms with Crippen LogP contribution in [0.4, 0.5) is 0 Å². The van der Waals surface area contributed by atoms with Crippen LogP contribution in [-0.2, 0) is 26.1 Å². The second-order valence-corrected chi connectivity index (χ2v) is 5.69. The summed E-state index contributed by atoms with van der Waals surface area (Å²) in [7, 11) is -4.22. The van der Waals surface area contributed by atoms with Crippen LogP contribution in [0.25, 0.3) is 0 Å². The fraction of sp³-hybridized carbons (Fsp3) is 0.417. The maximum Gasteiger partial charge on any atom is 0.294 e. The predicted molar refractivity (Wildman–Crippen MR) is 63.9 cm³/mol. The number of hydrogen-bond acceptors (Lipinski definition) is 4. The molecule has 0 unspecified atom stereocenters. The van der Waals surface area contributed by atoms with Gasteiger partial charge in [0.25, 0.3) is 10.1 Å². The van der Waals surface area contributed by atoms with Crippen molar-refractivity contribution >= 4 is 16.4 Å². The van der Waals surface area contributed by atoms with E-state index in [1.54, 1.807) is 18.2 Å². The number of hydrogen-bond donors (Lipinski definition) is 1. The molecule has 1 aliphatic rings. The smallest absolute Gasteiger partial charge is 0.294 e. The zero-order valence-electron chi connectivity index (χ0n) is 9.65. The zero-order valence-corrected chi connectivity index (χ0v) is 10.5. The van der Waals surface area contributed by atoms with Crippen molar-refractivity contribution in [2.24, 2.45) is 0 Å². The molecule has 2 rings (SSSR count). The van der Waals surface area contributed by atoms with E-state index in [0.29, 0.717) is 24.8 Å². The van der Waals surface area contributed by atoms with Crippen molar-refractivity contribution < 1.29 is 22.5 Å². The Morgan fingerprint density at radius 3 is 2.67 bits per heavy atom. The molecule has 0 aliphatic carbocycles. The lowest BCUT2D eigenvalue weighted by molar-refractivity contribution is -0.117. The van der Waals surface area contributed by atoms with Gasteiger partial charge in [-0.25, -0.2) is 0 Å².